The maximum absolute atomic E-state index is 12.3. The number of hydrogen-bond acceptors (Lipinski definition) is 3. The smallest absolute Gasteiger partial charge is 0.242 e. The van der Waals surface area contributed by atoms with Crippen LogP contribution in [0.5, 0.6) is 0 Å². The molecule has 2 aromatic rings. The molecule has 106 valence electrons. The summed E-state index contributed by atoms with van der Waals surface area (Å²) in [5.74, 6) is -0.116. The van der Waals surface area contributed by atoms with Gasteiger partial charge >= 0.3 is 0 Å². The monoisotopic (exact) mass is 288 g/mol. The normalized spacial score (nSPS) is 13.7. The first kappa shape index (κ1) is 14.8. The van der Waals surface area contributed by atoms with Gasteiger partial charge in [0.25, 0.3) is 0 Å². The first-order valence-electron chi connectivity index (χ1n) is 6.86. The molecule has 3 N–H and O–H groups in total. The van der Waals surface area contributed by atoms with Gasteiger partial charge in [0.1, 0.15) is 6.04 Å². The Bertz CT molecular complexity index is 525. The lowest BCUT2D eigenvalue weighted by atomic mass is 10.0. The molecule has 1 aromatic carbocycles. The van der Waals surface area contributed by atoms with Gasteiger partial charge in [0.15, 0.2) is 0 Å². The Kier molecular flexibility index (Phi) is 5.32. The molecule has 0 bridgehead atoms. The number of carbonyl (C=O) groups excluding carboxylic acids is 1. The Morgan fingerprint density at radius 2 is 2.00 bits per heavy atom. The quantitative estimate of drug-likeness (QED) is 0.856. The molecule has 2 rings (SSSR count). The number of carbonyl (C=O) groups is 1. The second kappa shape index (κ2) is 7.22. The fourth-order valence-electron chi connectivity index (χ4n) is 2.16. The van der Waals surface area contributed by atoms with Gasteiger partial charge in [-0.15, -0.1) is 11.3 Å². The van der Waals surface area contributed by atoms with Gasteiger partial charge in [-0.1, -0.05) is 49.7 Å². The van der Waals surface area contributed by atoms with Gasteiger partial charge in [-0.2, -0.15) is 0 Å². The predicted molar refractivity (Wildman–Crippen MR) is 83.5 cm³/mol. The first-order chi connectivity index (χ1) is 9.72. The lowest BCUT2D eigenvalue weighted by Crippen LogP contribution is -2.36. The van der Waals surface area contributed by atoms with Crippen LogP contribution in [0.15, 0.2) is 47.8 Å². The zero-order valence-electron chi connectivity index (χ0n) is 11.6. The van der Waals surface area contributed by atoms with Gasteiger partial charge in [0.05, 0.1) is 6.04 Å². The number of nitrogens with two attached hydrogens (primary N) is 1. The van der Waals surface area contributed by atoms with Crippen LogP contribution in [0, 0.1) is 0 Å². The second-order valence-electron chi connectivity index (χ2n) is 4.75. The van der Waals surface area contributed by atoms with E-state index < -0.39 is 6.04 Å². The standard InChI is InChI=1S/C16H20N2OS/c1-2-7-13(12-8-4-3-5-9-12)18-16(19)15(17)14-10-6-11-20-14/h3-6,8-11,13,15H,2,7,17H2,1H3,(H,18,19). The summed E-state index contributed by atoms with van der Waals surface area (Å²) in [6, 6.07) is 13.3. The summed E-state index contributed by atoms with van der Waals surface area (Å²) in [7, 11) is 0. The van der Waals surface area contributed by atoms with Crippen molar-refractivity contribution in [3.63, 3.8) is 0 Å². The number of amides is 1. The predicted octanol–water partition coefficient (Wildman–Crippen LogP) is 3.41. The summed E-state index contributed by atoms with van der Waals surface area (Å²) in [6.07, 6.45) is 1.92. The van der Waals surface area contributed by atoms with Crippen LogP contribution in [0.1, 0.15) is 42.3 Å². The van der Waals surface area contributed by atoms with Gasteiger partial charge in [-0.25, -0.2) is 0 Å². The zero-order chi connectivity index (χ0) is 14.4. The molecule has 20 heavy (non-hydrogen) atoms. The van der Waals surface area contributed by atoms with E-state index in [0.29, 0.717) is 0 Å². The molecule has 0 radical (unpaired) electrons. The van der Waals surface area contributed by atoms with Gasteiger partial charge in [-0.3, -0.25) is 4.79 Å². The summed E-state index contributed by atoms with van der Waals surface area (Å²) in [5.41, 5.74) is 7.13. The molecule has 0 spiro atoms. The molecular formula is C16H20N2OS. The molecule has 1 amide bonds. The third-order valence-electron chi connectivity index (χ3n) is 3.23. The topological polar surface area (TPSA) is 55.1 Å². The summed E-state index contributed by atoms with van der Waals surface area (Å²) in [4.78, 5) is 13.2. The van der Waals surface area contributed by atoms with Gasteiger partial charge in [0.2, 0.25) is 5.91 Å². The Balaban J connectivity index is 2.06. The minimum Gasteiger partial charge on any atom is -0.348 e. The second-order valence-corrected chi connectivity index (χ2v) is 5.73. The van der Waals surface area contributed by atoms with E-state index in [9.17, 15) is 4.79 Å². The van der Waals surface area contributed by atoms with Crippen LogP contribution < -0.4 is 11.1 Å². The van der Waals surface area contributed by atoms with E-state index in [1.165, 1.54) is 11.3 Å². The first-order valence-corrected chi connectivity index (χ1v) is 7.74. The van der Waals surface area contributed by atoms with Crippen molar-refractivity contribution in [2.75, 3.05) is 0 Å². The summed E-state index contributed by atoms with van der Waals surface area (Å²) < 4.78 is 0. The van der Waals surface area contributed by atoms with E-state index in [0.717, 1.165) is 23.3 Å². The molecule has 1 aromatic heterocycles. The summed E-state index contributed by atoms with van der Waals surface area (Å²) in [5, 5.41) is 5.00. The van der Waals surface area contributed by atoms with Crippen molar-refractivity contribution in [2.24, 2.45) is 5.73 Å². The molecule has 0 aliphatic heterocycles. The van der Waals surface area contributed by atoms with Crippen molar-refractivity contribution in [3.8, 4) is 0 Å². The lowest BCUT2D eigenvalue weighted by molar-refractivity contribution is -0.123. The molecule has 0 fully saturated rings. The third-order valence-corrected chi connectivity index (χ3v) is 4.18. The van der Waals surface area contributed by atoms with Crippen LogP contribution in [0.4, 0.5) is 0 Å². The number of thiophene rings is 1. The molecule has 3 nitrogen and oxygen atoms in total. The molecule has 1 heterocycles. The average Bonchev–Trinajstić information content (AvgIpc) is 3.01. The summed E-state index contributed by atoms with van der Waals surface area (Å²) >= 11 is 1.51. The number of benzene rings is 1. The largest absolute Gasteiger partial charge is 0.348 e. The van der Waals surface area contributed by atoms with Crippen LogP contribution in [-0.2, 0) is 4.79 Å². The molecular weight excluding hydrogens is 268 g/mol. The number of hydrogen-bond donors (Lipinski definition) is 2. The van der Waals surface area contributed by atoms with E-state index in [4.69, 9.17) is 5.73 Å². The van der Waals surface area contributed by atoms with Crippen LogP contribution in [0.25, 0.3) is 0 Å². The van der Waals surface area contributed by atoms with E-state index in [1.54, 1.807) is 0 Å². The van der Waals surface area contributed by atoms with Crippen molar-refractivity contribution in [1.29, 1.82) is 0 Å². The molecule has 0 saturated carbocycles. The van der Waals surface area contributed by atoms with Gasteiger partial charge in [0, 0.05) is 4.88 Å². The van der Waals surface area contributed by atoms with Crippen molar-refractivity contribution in [3.05, 3.63) is 58.3 Å². The van der Waals surface area contributed by atoms with E-state index >= 15 is 0 Å². The molecule has 0 saturated heterocycles. The van der Waals surface area contributed by atoms with Crippen molar-refractivity contribution < 1.29 is 4.79 Å². The van der Waals surface area contributed by atoms with Crippen LogP contribution >= 0.6 is 11.3 Å². The minimum atomic E-state index is -0.585. The van der Waals surface area contributed by atoms with Crippen LogP contribution in [0.3, 0.4) is 0 Å². The number of rotatable bonds is 6. The molecule has 0 aliphatic rings. The SMILES string of the molecule is CCCC(NC(=O)C(N)c1cccs1)c1ccccc1. The summed E-state index contributed by atoms with van der Waals surface area (Å²) in [6.45, 7) is 2.11. The third kappa shape index (κ3) is 3.68. The van der Waals surface area contributed by atoms with Crippen LogP contribution in [0.2, 0.25) is 0 Å². The Hall–Kier alpha value is -1.65. The van der Waals surface area contributed by atoms with Crippen molar-refractivity contribution in [2.45, 2.75) is 31.8 Å². The van der Waals surface area contributed by atoms with E-state index in [2.05, 4.69) is 12.2 Å². The fraction of sp³-hybridized carbons (Fsp3) is 0.312. The zero-order valence-corrected chi connectivity index (χ0v) is 12.4. The maximum Gasteiger partial charge on any atom is 0.242 e. The highest BCUT2D eigenvalue weighted by molar-refractivity contribution is 7.10. The highest BCUT2D eigenvalue weighted by Crippen LogP contribution is 2.21. The highest BCUT2D eigenvalue weighted by atomic mass is 32.1. The number of nitrogens with one attached hydrogen (secondary N) is 1. The van der Waals surface area contributed by atoms with E-state index in [-0.39, 0.29) is 11.9 Å². The van der Waals surface area contributed by atoms with Crippen molar-refractivity contribution >= 4 is 17.2 Å². The van der Waals surface area contributed by atoms with Gasteiger partial charge < -0.3 is 11.1 Å². The lowest BCUT2D eigenvalue weighted by Gasteiger charge is -2.20. The average molecular weight is 288 g/mol. The van der Waals surface area contributed by atoms with E-state index in [1.807, 2.05) is 47.8 Å². The van der Waals surface area contributed by atoms with Gasteiger partial charge in [-0.05, 0) is 23.4 Å². The highest BCUT2D eigenvalue weighted by Gasteiger charge is 2.20. The maximum atomic E-state index is 12.3. The molecule has 2 unspecified atom stereocenters. The van der Waals surface area contributed by atoms with Crippen molar-refractivity contribution in [1.82, 2.24) is 5.32 Å². The molecule has 4 heteroatoms. The van der Waals surface area contributed by atoms with Crippen LogP contribution in [-0.4, -0.2) is 5.91 Å². The Morgan fingerprint density at radius 1 is 1.25 bits per heavy atom. The Morgan fingerprint density at radius 3 is 2.60 bits per heavy atom. The molecule has 0 aliphatic carbocycles. The fourth-order valence-corrected chi connectivity index (χ4v) is 2.88. The Labute approximate surface area is 123 Å². The minimum absolute atomic E-state index is 0.0275. The molecule has 2 atom stereocenters.